The third kappa shape index (κ3) is 5.06. The lowest BCUT2D eigenvalue weighted by molar-refractivity contribution is 0.238. The van der Waals surface area contributed by atoms with Gasteiger partial charge < -0.3 is 9.64 Å². The van der Waals surface area contributed by atoms with E-state index in [2.05, 4.69) is 91.6 Å². The highest BCUT2D eigenvalue weighted by Crippen LogP contribution is 2.40. The second kappa shape index (κ2) is 11.4. The van der Waals surface area contributed by atoms with Crippen molar-refractivity contribution in [2.75, 3.05) is 26.7 Å². The molecule has 1 heterocycles. The first kappa shape index (κ1) is 26.0. The molecule has 0 radical (unpaired) electrons. The predicted octanol–water partition coefficient (Wildman–Crippen LogP) is 7.97. The first-order valence-electron chi connectivity index (χ1n) is 13.9. The normalized spacial score (nSPS) is 16.8. The number of rotatable bonds is 7. The number of hydrogen-bond acceptors (Lipinski definition) is 3. The number of likely N-dealkylation sites (tertiary alicyclic amines) is 1. The van der Waals surface area contributed by atoms with Crippen molar-refractivity contribution in [3.05, 3.63) is 106 Å². The van der Waals surface area contributed by atoms with Crippen molar-refractivity contribution in [3.8, 4) is 11.8 Å². The van der Waals surface area contributed by atoms with Crippen molar-refractivity contribution in [1.29, 1.82) is 5.26 Å². The third-order valence-corrected chi connectivity index (χ3v) is 8.53. The second-order valence-electron chi connectivity index (χ2n) is 10.9. The van der Waals surface area contributed by atoms with Gasteiger partial charge in [0.25, 0.3) is 0 Å². The van der Waals surface area contributed by atoms with E-state index in [4.69, 9.17) is 4.74 Å². The van der Waals surface area contributed by atoms with Gasteiger partial charge in [0.2, 0.25) is 0 Å². The van der Waals surface area contributed by atoms with Crippen LogP contribution < -0.4 is 4.74 Å². The molecule has 3 nitrogen and oxygen atoms in total. The van der Waals surface area contributed by atoms with Crippen LogP contribution in [0.5, 0.6) is 5.75 Å². The van der Waals surface area contributed by atoms with Crippen molar-refractivity contribution in [2.45, 2.75) is 44.9 Å². The average molecular weight is 503 g/mol. The Morgan fingerprint density at radius 1 is 0.895 bits per heavy atom. The van der Waals surface area contributed by atoms with Crippen LogP contribution in [0.1, 0.15) is 67.3 Å². The summed E-state index contributed by atoms with van der Waals surface area (Å²) in [4.78, 5) is 2.59. The lowest BCUT2D eigenvalue weighted by Crippen LogP contribution is -2.35. The van der Waals surface area contributed by atoms with E-state index in [0.29, 0.717) is 0 Å². The van der Waals surface area contributed by atoms with Gasteiger partial charge in [-0.2, -0.15) is 5.26 Å². The number of hydrogen-bond donors (Lipinski definition) is 0. The topological polar surface area (TPSA) is 36.3 Å². The van der Waals surface area contributed by atoms with Gasteiger partial charge in [-0.05, 0) is 83.7 Å². The van der Waals surface area contributed by atoms with E-state index in [9.17, 15) is 5.26 Å². The van der Waals surface area contributed by atoms with Gasteiger partial charge in [-0.1, -0.05) is 92.2 Å². The first-order chi connectivity index (χ1) is 18.6. The van der Waals surface area contributed by atoms with Gasteiger partial charge in [0, 0.05) is 13.1 Å². The maximum Gasteiger partial charge on any atom is 0.119 e. The fourth-order valence-corrected chi connectivity index (χ4v) is 6.24. The van der Waals surface area contributed by atoms with E-state index in [1.807, 2.05) is 18.2 Å². The van der Waals surface area contributed by atoms with Crippen LogP contribution in [-0.4, -0.2) is 31.6 Å². The van der Waals surface area contributed by atoms with Crippen LogP contribution in [-0.2, 0) is 5.41 Å². The minimum atomic E-state index is -0.502. The smallest absolute Gasteiger partial charge is 0.119 e. The van der Waals surface area contributed by atoms with Gasteiger partial charge in [-0.15, -0.1) is 0 Å². The van der Waals surface area contributed by atoms with Crippen LogP contribution in [0.2, 0.25) is 0 Å². The van der Waals surface area contributed by atoms with Crippen molar-refractivity contribution < 1.29 is 4.74 Å². The third-order valence-electron chi connectivity index (χ3n) is 8.53. The summed E-state index contributed by atoms with van der Waals surface area (Å²) in [5, 5.41) is 10.3. The van der Waals surface area contributed by atoms with Gasteiger partial charge in [-0.3, -0.25) is 0 Å². The van der Waals surface area contributed by atoms with Crippen molar-refractivity contribution in [1.82, 2.24) is 4.90 Å². The molecule has 3 aromatic carbocycles. The monoisotopic (exact) mass is 502 g/mol. The summed E-state index contributed by atoms with van der Waals surface area (Å²) in [6, 6.07) is 28.4. The number of nitriles is 1. The Kier molecular flexibility index (Phi) is 7.82. The number of piperidine rings is 1. The molecule has 3 aromatic rings. The zero-order valence-corrected chi connectivity index (χ0v) is 22.9. The Morgan fingerprint density at radius 3 is 2.11 bits per heavy atom. The highest BCUT2D eigenvalue weighted by molar-refractivity contribution is 5.94. The fourth-order valence-electron chi connectivity index (χ4n) is 6.24. The number of benzene rings is 3. The number of nitrogens with zero attached hydrogens (tertiary/aromatic N) is 2. The molecule has 1 saturated heterocycles. The lowest BCUT2D eigenvalue weighted by atomic mass is 9.70. The number of methoxy groups -OCH3 is 1. The van der Waals surface area contributed by atoms with Crippen molar-refractivity contribution in [3.63, 3.8) is 0 Å². The van der Waals surface area contributed by atoms with Crippen LogP contribution in [0.3, 0.4) is 0 Å². The van der Waals surface area contributed by atoms with Crippen molar-refractivity contribution in [2.24, 2.45) is 5.92 Å². The minimum absolute atomic E-state index is 0.223. The Hall–Kier alpha value is -3.61. The standard InChI is InChI=1S/C35H38N2O/c1-26(2)35(25-36,30-12-8-13-31(24-30)38-3)20-9-21-37-22-18-29(19-23-37)34-32-14-6-4-10-27(32)16-17-28-11-5-7-15-33(28)34/h4-8,10-17,24,26H,9,18-23H2,1-3H3. The van der Waals surface area contributed by atoms with E-state index in [1.54, 1.807) is 12.7 Å². The molecule has 1 unspecified atom stereocenters. The zero-order chi connectivity index (χ0) is 26.5. The maximum absolute atomic E-state index is 10.3. The molecule has 0 amide bonds. The molecule has 1 aliphatic carbocycles. The summed E-state index contributed by atoms with van der Waals surface area (Å²) < 4.78 is 5.46. The van der Waals surface area contributed by atoms with Gasteiger partial charge in [-0.25, -0.2) is 0 Å². The molecule has 1 atom stereocenters. The average Bonchev–Trinajstić information content (AvgIpc) is 3.13. The molecule has 0 aromatic heterocycles. The molecule has 0 bridgehead atoms. The second-order valence-corrected chi connectivity index (χ2v) is 10.9. The molecule has 0 saturated carbocycles. The van der Waals surface area contributed by atoms with Crippen LogP contribution in [0.15, 0.2) is 78.4 Å². The van der Waals surface area contributed by atoms with E-state index in [1.165, 1.54) is 27.8 Å². The molecule has 2 aliphatic rings. The van der Waals surface area contributed by atoms with Crippen LogP contribution in [0.25, 0.3) is 17.7 Å². The summed E-state index contributed by atoms with van der Waals surface area (Å²) in [7, 11) is 1.69. The summed E-state index contributed by atoms with van der Waals surface area (Å²) in [5.74, 6) is 1.04. The zero-order valence-electron chi connectivity index (χ0n) is 22.9. The Balaban J connectivity index is 1.31. The van der Waals surface area contributed by atoms with E-state index in [0.717, 1.165) is 56.6 Å². The van der Waals surface area contributed by atoms with E-state index < -0.39 is 5.41 Å². The van der Waals surface area contributed by atoms with Gasteiger partial charge in [0.15, 0.2) is 0 Å². The fraction of sp³-hybridized carbons (Fsp3) is 0.343. The molecule has 1 aliphatic heterocycles. The largest absolute Gasteiger partial charge is 0.497 e. The first-order valence-corrected chi connectivity index (χ1v) is 13.9. The summed E-state index contributed by atoms with van der Waals surface area (Å²) in [6.45, 7) is 7.49. The van der Waals surface area contributed by atoms with E-state index in [-0.39, 0.29) is 5.92 Å². The molecule has 1 fully saturated rings. The SMILES string of the molecule is COc1cccc(C(C#N)(CCCN2CCC(=C3c4ccccc4C=Cc4ccccc43)CC2)C(C)C)c1. The van der Waals surface area contributed by atoms with E-state index >= 15 is 0 Å². The van der Waals surface area contributed by atoms with Gasteiger partial charge in [0.05, 0.1) is 18.6 Å². The molecular formula is C35H38N2O. The Labute approximate surface area is 228 Å². The maximum atomic E-state index is 10.3. The minimum Gasteiger partial charge on any atom is -0.497 e. The molecule has 3 heteroatoms. The Morgan fingerprint density at radius 2 is 1.53 bits per heavy atom. The molecular weight excluding hydrogens is 464 g/mol. The van der Waals surface area contributed by atoms with Gasteiger partial charge >= 0.3 is 0 Å². The molecule has 38 heavy (non-hydrogen) atoms. The summed E-state index contributed by atoms with van der Waals surface area (Å²) >= 11 is 0. The highest BCUT2D eigenvalue weighted by Gasteiger charge is 2.36. The molecule has 0 N–H and O–H groups in total. The summed E-state index contributed by atoms with van der Waals surface area (Å²) in [5.41, 5.74) is 8.87. The summed E-state index contributed by atoms with van der Waals surface area (Å²) in [6.07, 6.45) is 8.54. The quantitative estimate of drug-likeness (QED) is 0.257. The molecule has 194 valence electrons. The molecule has 0 spiro atoms. The number of ether oxygens (including phenoxy) is 1. The number of fused-ring (bicyclic) bond motifs is 2. The predicted molar refractivity (Wildman–Crippen MR) is 158 cm³/mol. The van der Waals surface area contributed by atoms with Crippen LogP contribution in [0, 0.1) is 17.2 Å². The Bertz CT molecular complexity index is 1330. The molecule has 5 rings (SSSR count). The van der Waals surface area contributed by atoms with Crippen molar-refractivity contribution >= 4 is 17.7 Å². The van der Waals surface area contributed by atoms with Gasteiger partial charge in [0.1, 0.15) is 5.75 Å². The lowest BCUT2D eigenvalue weighted by Gasteiger charge is -2.34. The highest BCUT2D eigenvalue weighted by atomic mass is 16.5. The van der Waals surface area contributed by atoms with Crippen LogP contribution in [0.4, 0.5) is 0 Å². The van der Waals surface area contributed by atoms with Crippen LogP contribution >= 0.6 is 0 Å².